The van der Waals surface area contributed by atoms with Crippen LogP contribution in [0.15, 0.2) is 89.2 Å². The Morgan fingerprint density at radius 1 is 0.720 bits per heavy atom. The topological polar surface area (TPSA) is 53.8 Å². The van der Waals surface area contributed by atoms with Crippen molar-refractivity contribution in [3.63, 3.8) is 0 Å². The Labute approximate surface area is 144 Å². The molecule has 0 heterocycles. The van der Waals surface area contributed by atoms with Gasteiger partial charge in [-0.1, -0.05) is 72.0 Å². The fourth-order valence-electron chi connectivity index (χ4n) is 2.95. The van der Waals surface area contributed by atoms with Crippen LogP contribution in [0.4, 0.5) is 11.4 Å². The second-order valence-corrected chi connectivity index (χ2v) is 5.68. The average Bonchev–Trinajstić information content (AvgIpc) is 2.68. The maximum Gasteiger partial charge on any atom is 0.152 e. The molecule has 4 rings (SSSR count). The Balaban J connectivity index is 1.68. The molecule has 4 aromatic carbocycles. The molecule has 0 aliphatic heterocycles. The molecule has 0 aliphatic rings. The highest BCUT2D eigenvalue weighted by Crippen LogP contribution is 2.28. The summed E-state index contributed by atoms with van der Waals surface area (Å²) >= 11 is 0. The van der Waals surface area contributed by atoms with Crippen molar-refractivity contribution in [1.29, 1.82) is 0 Å². The van der Waals surface area contributed by atoms with Gasteiger partial charge < -0.3 is 0 Å². The molecule has 0 fully saturated rings. The van der Waals surface area contributed by atoms with Crippen LogP contribution in [0.2, 0.25) is 0 Å². The number of rotatable bonds is 4. The van der Waals surface area contributed by atoms with Crippen LogP contribution in [0, 0.1) is 0 Å². The molecule has 0 aromatic heterocycles. The Morgan fingerprint density at radius 3 is 2.20 bits per heavy atom. The molecule has 0 unspecified atom stereocenters. The van der Waals surface area contributed by atoms with Crippen LogP contribution in [-0.2, 0) is 0 Å². The summed E-state index contributed by atoms with van der Waals surface area (Å²) in [5.74, 6) is 0. The maximum absolute atomic E-state index is 11.5. The molecular formula is C21H15N3O. The standard InChI is InChI=1S/C21H15N3O/c25-14-19-17-9-3-1-7-16(17)12-13-21(19)23-24-22-20-11-5-8-15-6-2-4-10-18(15)20/h1-14H,(H,22,23). The van der Waals surface area contributed by atoms with E-state index in [2.05, 4.69) is 15.8 Å². The molecule has 4 nitrogen and oxygen atoms in total. The van der Waals surface area contributed by atoms with E-state index in [4.69, 9.17) is 0 Å². The molecule has 0 bridgehead atoms. The van der Waals surface area contributed by atoms with E-state index < -0.39 is 0 Å². The van der Waals surface area contributed by atoms with Crippen molar-refractivity contribution in [3.8, 4) is 0 Å². The number of anilines is 1. The third-order valence-corrected chi connectivity index (χ3v) is 4.18. The van der Waals surface area contributed by atoms with Gasteiger partial charge in [0, 0.05) is 10.9 Å². The van der Waals surface area contributed by atoms with Crippen LogP contribution in [0.1, 0.15) is 10.4 Å². The van der Waals surface area contributed by atoms with Crippen molar-refractivity contribution < 1.29 is 4.79 Å². The van der Waals surface area contributed by atoms with Crippen LogP contribution in [0.25, 0.3) is 21.5 Å². The van der Waals surface area contributed by atoms with Gasteiger partial charge in [0.1, 0.15) is 0 Å². The highest BCUT2D eigenvalue weighted by Gasteiger charge is 2.06. The zero-order valence-corrected chi connectivity index (χ0v) is 13.4. The molecule has 4 heteroatoms. The molecule has 25 heavy (non-hydrogen) atoms. The molecule has 0 aliphatic carbocycles. The number of benzene rings is 4. The minimum absolute atomic E-state index is 0.543. The van der Waals surface area contributed by atoms with Crippen molar-refractivity contribution >= 4 is 39.2 Å². The number of nitrogens with zero attached hydrogens (tertiary/aromatic N) is 2. The number of hydrogen-bond donors (Lipinski definition) is 1. The zero-order chi connectivity index (χ0) is 17.1. The number of fused-ring (bicyclic) bond motifs is 2. The molecule has 0 amide bonds. The van der Waals surface area contributed by atoms with Crippen molar-refractivity contribution in [2.45, 2.75) is 0 Å². The lowest BCUT2D eigenvalue weighted by molar-refractivity contribution is 0.112. The van der Waals surface area contributed by atoms with Gasteiger partial charge in [-0.25, -0.2) is 0 Å². The van der Waals surface area contributed by atoms with Gasteiger partial charge >= 0.3 is 0 Å². The van der Waals surface area contributed by atoms with E-state index >= 15 is 0 Å². The molecule has 0 saturated heterocycles. The van der Waals surface area contributed by atoms with Gasteiger partial charge in [-0.15, -0.1) is 5.11 Å². The third kappa shape index (κ3) is 2.85. The minimum atomic E-state index is 0.543. The lowest BCUT2D eigenvalue weighted by atomic mass is 10.0. The highest BCUT2D eigenvalue weighted by molar-refractivity contribution is 6.02. The van der Waals surface area contributed by atoms with Gasteiger partial charge in [0.2, 0.25) is 0 Å². The number of aldehydes is 1. The Kier molecular flexibility index (Phi) is 3.92. The summed E-state index contributed by atoms with van der Waals surface area (Å²) < 4.78 is 0. The Morgan fingerprint density at radius 2 is 1.40 bits per heavy atom. The summed E-state index contributed by atoms with van der Waals surface area (Å²) in [6.45, 7) is 0. The van der Waals surface area contributed by atoms with E-state index in [-0.39, 0.29) is 0 Å². The van der Waals surface area contributed by atoms with Gasteiger partial charge in [-0.3, -0.25) is 10.2 Å². The fourth-order valence-corrected chi connectivity index (χ4v) is 2.95. The van der Waals surface area contributed by atoms with E-state index in [1.807, 2.05) is 72.8 Å². The summed E-state index contributed by atoms with van der Waals surface area (Å²) in [6, 6.07) is 25.5. The van der Waals surface area contributed by atoms with Crippen LogP contribution < -0.4 is 5.43 Å². The quantitative estimate of drug-likeness (QED) is 0.288. The van der Waals surface area contributed by atoms with Crippen molar-refractivity contribution in [2.75, 3.05) is 5.43 Å². The van der Waals surface area contributed by atoms with Crippen LogP contribution in [0.3, 0.4) is 0 Å². The Hall–Kier alpha value is -3.53. The van der Waals surface area contributed by atoms with E-state index in [1.165, 1.54) is 0 Å². The second kappa shape index (κ2) is 6.53. The van der Waals surface area contributed by atoms with Crippen molar-refractivity contribution in [2.24, 2.45) is 10.3 Å². The maximum atomic E-state index is 11.5. The number of carbonyl (C=O) groups is 1. The summed E-state index contributed by atoms with van der Waals surface area (Å²) in [5, 5.41) is 12.4. The predicted octanol–water partition coefficient (Wildman–Crippen LogP) is 5.92. The molecule has 120 valence electrons. The highest BCUT2D eigenvalue weighted by atomic mass is 16.1. The van der Waals surface area contributed by atoms with Crippen LogP contribution in [0.5, 0.6) is 0 Å². The first-order valence-electron chi connectivity index (χ1n) is 7.98. The lowest BCUT2D eigenvalue weighted by Gasteiger charge is -2.06. The number of nitrogens with one attached hydrogen (secondary N) is 1. The first-order valence-corrected chi connectivity index (χ1v) is 7.98. The van der Waals surface area contributed by atoms with Crippen molar-refractivity contribution in [1.82, 2.24) is 0 Å². The summed E-state index contributed by atoms with van der Waals surface area (Å²) in [4.78, 5) is 11.5. The van der Waals surface area contributed by atoms with Gasteiger partial charge in [0.05, 0.1) is 11.4 Å². The SMILES string of the molecule is O=Cc1c(N=NNc2cccc3ccccc23)ccc2ccccc12. The number of hydrogen-bond acceptors (Lipinski definition) is 3. The van der Waals surface area contributed by atoms with Gasteiger partial charge in [-0.2, -0.15) is 0 Å². The molecule has 0 spiro atoms. The lowest BCUT2D eigenvalue weighted by Crippen LogP contribution is -1.89. The van der Waals surface area contributed by atoms with E-state index in [0.29, 0.717) is 11.3 Å². The van der Waals surface area contributed by atoms with Crippen LogP contribution >= 0.6 is 0 Å². The zero-order valence-electron chi connectivity index (χ0n) is 13.4. The molecule has 0 radical (unpaired) electrons. The van der Waals surface area contributed by atoms with Crippen LogP contribution in [-0.4, -0.2) is 6.29 Å². The normalized spacial score (nSPS) is 11.2. The first kappa shape index (κ1) is 15.0. The molecule has 0 atom stereocenters. The van der Waals surface area contributed by atoms with Gasteiger partial charge in [0.15, 0.2) is 6.29 Å². The molecular weight excluding hydrogens is 310 g/mol. The monoisotopic (exact) mass is 325 g/mol. The van der Waals surface area contributed by atoms with E-state index in [9.17, 15) is 4.79 Å². The predicted molar refractivity (Wildman–Crippen MR) is 101 cm³/mol. The minimum Gasteiger partial charge on any atom is -0.298 e. The molecule has 1 N–H and O–H groups in total. The second-order valence-electron chi connectivity index (χ2n) is 5.68. The average molecular weight is 325 g/mol. The van der Waals surface area contributed by atoms with E-state index in [1.54, 1.807) is 6.07 Å². The van der Waals surface area contributed by atoms with Gasteiger partial charge in [0.25, 0.3) is 0 Å². The fraction of sp³-hybridized carbons (Fsp3) is 0. The summed E-state index contributed by atoms with van der Waals surface area (Å²) in [6.07, 6.45) is 0.828. The first-order chi connectivity index (χ1) is 12.4. The molecule has 0 saturated carbocycles. The summed E-state index contributed by atoms with van der Waals surface area (Å²) in [7, 11) is 0. The van der Waals surface area contributed by atoms with Crippen molar-refractivity contribution in [3.05, 3.63) is 84.4 Å². The van der Waals surface area contributed by atoms with E-state index in [0.717, 1.165) is 33.5 Å². The largest absolute Gasteiger partial charge is 0.298 e. The smallest absolute Gasteiger partial charge is 0.152 e. The molecule has 4 aromatic rings. The van der Waals surface area contributed by atoms with Gasteiger partial charge in [-0.05, 0) is 28.3 Å². The Bertz CT molecular complexity index is 1100. The summed E-state index contributed by atoms with van der Waals surface area (Å²) in [5.41, 5.74) is 4.93. The number of carbonyl (C=O) groups excluding carboxylic acids is 1. The third-order valence-electron chi connectivity index (χ3n) is 4.18.